The number of ketones is 1. The molecule has 3 nitrogen and oxygen atoms in total. The van der Waals surface area contributed by atoms with E-state index in [9.17, 15) is 4.79 Å². The number of thiazole rings is 1. The van der Waals surface area contributed by atoms with Gasteiger partial charge >= 0.3 is 0 Å². The van der Waals surface area contributed by atoms with Gasteiger partial charge in [-0.3, -0.25) is 4.79 Å². The van der Waals surface area contributed by atoms with Gasteiger partial charge < -0.3 is 4.90 Å². The quantitative estimate of drug-likeness (QED) is 0.821. The number of fused-ring (bicyclic) bond motifs is 1. The lowest BCUT2D eigenvalue weighted by Crippen LogP contribution is -2.39. The second kappa shape index (κ2) is 4.65. The summed E-state index contributed by atoms with van der Waals surface area (Å²) in [7, 11) is 2.07. The van der Waals surface area contributed by atoms with Crippen LogP contribution in [0.15, 0.2) is 0 Å². The number of carbonyl (C=O) groups is 1. The van der Waals surface area contributed by atoms with Gasteiger partial charge in [0.25, 0.3) is 0 Å². The maximum Gasteiger partial charge on any atom is 0.186 e. The minimum Gasteiger partial charge on any atom is -0.348 e. The molecule has 0 radical (unpaired) electrons. The van der Waals surface area contributed by atoms with Crippen LogP contribution >= 0.6 is 11.3 Å². The van der Waals surface area contributed by atoms with Gasteiger partial charge in [-0.1, -0.05) is 20.8 Å². The van der Waals surface area contributed by atoms with Gasteiger partial charge in [0.15, 0.2) is 10.9 Å². The first-order chi connectivity index (χ1) is 8.30. The summed E-state index contributed by atoms with van der Waals surface area (Å²) in [6, 6.07) is 0.389. The van der Waals surface area contributed by atoms with E-state index < -0.39 is 0 Å². The van der Waals surface area contributed by atoms with Gasteiger partial charge in [-0.2, -0.15) is 0 Å². The third-order valence-electron chi connectivity index (χ3n) is 3.89. The first-order valence-corrected chi connectivity index (χ1v) is 7.38. The molecule has 0 saturated heterocycles. The van der Waals surface area contributed by atoms with Gasteiger partial charge in [-0.05, 0) is 25.2 Å². The zero-order chi connectivity index (χ0) is 13.5. The fourth-order valence-corrected chi connectivity index (χ4v) is 3.31. The molecule has 4 heteroatoms. The van der Waals surface area contributed by atoms with Crippen molar-refractivity contribution in [3.05, 3.63) is 10.6 Å². The van der Waals surface area contributed by atoms with E-state index in [-0.39, 0.29) is 11.2 Å². The molecule has 0 saturated carbocycles. The van der Waals surface area contributed by atoms with Crippen LogP contribution in [-0.2, 0) is 6.42 Å². The van der Waals surface area contributed by atoms with E-state index in [0.29, 0.717) is 12.5 Å². The second-order valence-corrected chi connectivity index (χ2v) is 7.26. The van der Waals surface area contributed by atoms with Crippen LogP contribution in [0.25, 0.3) is 0 Å². The van der Waals surface area contributed by atoms with Crippen molar-refractivity contribution < 1.29 is 4.79 Å². The standard InChI is InChI=1S/C14H22N2OS/c1-9(14(2,3)4)16(5)13-15-12-10(17)7-6-8-11(12)18-13/h9H,6-8H2,1-5H3. The fraction of sp³-hybridized carbons (Fsp3) is 0.714. The molecule has 0 amide bonds. The molecule has 100 valence electrons. The van der Waals surface area contributed by atoms with Crippen LogP contribution < -0.4 is 4.90 Å². The summed E-state index contributed by atoms with van der Waals surface area (Å²) in [6.07, 6.45) is 2.65. The molecule has 1 aliphatic carbocycles. The molecule has 2 rings (SSSR count). The van der Waals surface area contributed by atoms with E-state index in [1.165, 1.54) is 4.88 Å². The number of hydrogen-bond acceptors (Lipinski definition) is 4. The Kier molecular flexibility index (Phi) is 3.49. The van der Waals surface area contributed by atoms with E-state index in [2.05, 4.69) is 44.6 Å². The van der Waals surface area contributed by atoms with Crippen LogP contribution in [0.5, 0.6) is 0 Å². The molecule has 1 aromatic heterocycles. The lowest BCUT2D eigenvalue weighted by molar-refractivity contribution is 0.0968. The third-order valence-corrected chi connectivity index (χ3v) is 5.10. The molecule has 1 aromatic rings. The van der Waals surface area contributed by atoms with Crippen LogP contribution in [-0.4, -0.2) is 23.9 Å². The van der Waals surface area contributed by atoms with Gasteiger partial charge in [0, 0.05) is 24.4 Å². The van der Waals surface area contributed by atoms with E-state index in [1.54, 1.807) is 11.3 Å². The highest BCUT2D eigenvalue weighted by molar-refractivity contribution is 7.16. The predicted molar refractivity (Wildman–Crippen MR) is 76.7 cm³/mol. The first kappa shape index (κ1) is 13.5. The normalized spacial score (nSPS) is 17.5. The Morgan fingerprint density at radius 3 is 2.56 bits per heavy atom. The van der Waals surface area contributed by atoms with Gasteiger partial charge in [0.05, 0.1) is 0 Å². The highest BCUT2D eigenvalue weighted by atomic mass is 32.1. The summed E-state index contributed by atoms with van der Waals surface area (Å²) in [5.41, 5.74) is 0.930. The zero-order valence-corrected chi connectivity index (χ0v) is 12.7. The summed E-state index contributed by atoms with van der Waals surface area (Å²) in [5.74, 6) is 0.218. The van der Waals surface area contributed by atoms with Crippen LogP contribution in [0.1, 0.15) is 55.9 Å². The Hall–Kier alpha value is -0.900. The molecule has 0 fully saturated rings. The van der Waals surface area contributed by atoms with Gasteiger partial charge in [0.1, 0.15) is 5.69 Å². The molecule has 0 bridgehead atoms. The Morgan fingerprint density at radius 1 is 1.33 bits per heavy atom. The first-order valence-electron chi connectivity index (χ1n) is 6.56. The number of anilines is 1. The Bertz CT molecular complexity index is 459. The fourth-order valence-electron chi connectivity index (χ4n) is 2.15. The van der Waals surface area contributed by atoms with Gasteiger partial charge in [0.2, 0.25) is 0 Å². The SMILES string of the molecule is CC(N(C)c1nc2c(s1)CCCC2=O)C(C)(C)C. The highest BCUT2D eigenvalue weighted by Crippen LogP contribution is 2.34. The molecule has 1 atom stereocenters. The van der Waals surface area contributed by atoms with Crippen molar-refractivity contribution in [2.75, 3.05) is 11.9 Å². The third kappa shape index (κ3) is 2.44. The average molecular weight is 266 g/mol. The molecule has 0 aliphatic heterocycles. The number of aryl methyl sites for hydroxylation is 1. The van der Waals surface area contributed by atoms with Crippen LogP contribution in [0.4, 0.5) is 5.13 Å². The summed E-state index contributed by atoms with van der Waals surface area (Å²) >= 11 is 1.69. The van der Waals surface area contributed by atoms with E-state index in [0.717, 1.165) is 23.7 Å². The number of nitrogens with zero attached hydrogens (tertiary/aromatic N) is 2. The van der Waals surface area contributed by atoms with Crippen molar-refractivity contribution in [1.29, 1.82) is 0 Å². The van der Waals surface area contributed by atoms with Crippen LogP contribution in [0, 0.1) is 5.41 Å². The summed E-state index contributed by atoms with van der Waals surface area (Å²) in [4.78, 5) is 19.8. The van der Waals surface area contributed by atoms with Crippen molar-refractivity contribution >= 4 is 22.3 Å². The molecule has 1 unspecified atom stereocenters. The number of Topliss-reactive ketones (excluding diaryl/α,β-unsaturated/α-hetero) is 1. The second-order valence-electron chi connectivity index (χ2n) is 6.20. The molecule has 0 N–H and O–H groups in total. The summed E-state index contributed by atoms with van der Waals surface area (Å²) < 4.78 is 0. The molecule has 18 heavy (non-hydrogen) atoms. The lowest BCUT2D eigenvalue weighted by atomic mass is 9.87. The highest BCUT2D eigenvalue weighted by Gasteiger charge is 2.28. The number of aromatic nitrogens is 1. The largest absolute Gasteiger partial charge is 0.348 e. The smallest absolute Gasteiger partial charge is 0.186 e. The van der Waals surface area contributed by atoms with E-state index >= 15 is 0 Å². The minimum atomic E-state index is 0.199. The monoisotopic (exact) mass is 266 g/mol. The van der Waals surface area contributed by atoms with Crippen molar-refractivity contribution in [2.45, 2.75) is 53.0 Å². The topological polar surface area (TPSA) is 33.2 Å². The average Bonchev–Trinajstić information content (AvgIpc) is 2.71. The number of carbonyl (C=O) groups excluding carboxylic acids is 1. The van der Waals surface area contributed by atoms with Crippen molar-refractivity contribution in [2.24, 2.45) is 5.41 Å². The molecule has 1 heterocycles. The van der Waals surface area contributed by atoms with Crippen molar-refractivity contribution in [1.82, 2.24) is 4.98 Å². The number of rotatable bonds is 2. The molecular formula is C14H22N2OS. The van der Waals surface area contributed by atoms with E-state index in [4.69, 9.17) is 0 Å². The zero-order valence-electron chi connectivity index (χ0n) is 11.9. The molecule has 0 spiro atoms. The van der Waals surface area contributed by atoms with Crippen molar-refractivity contribution in [3.63, 3.8) is 0 Å². The summed E-state index contributed by atoms with van der Waals surface area (Å²) in [5, 5.41) is 0.984. The van der Waals surface area contributed by atoms with Crippen LogP contribution in [0.2, 0.25) is 0 Å². The lowest BCUT2D eigenvalue weighted by Gasteiger charge is -2.35. The van der Waals surface area contributed by atoms with E-state index in [1.807, 2.05) is 0 Å². The Balaban J connectivity index is 2.27. The maximum absolute atomic E-state index is 11.8. The van der Waals surface area contributed by atoms with Gasteiger partial charge in [-0.15, -0.1) is 11.3 Å². The Morgan fingerprint density at radius 2 is 2.00 bits per heavy atom. The number of hydrogen-bond donors (Lipinski definition) is 0. The molecule has 0 aromatic carbocycles. The predicted octanol–water partition coefficient (Wildman–Crippen LogP) is 3.53. The molecular weight excluding hydrogens is 244 g/mol. The minimum absolute atomic E-state index is 0.199. The maximum atomic E-state index is 11.8. The Labute approximate surface area is 113 Å². The molecule has 1 aliphatic rings. The van der Waals surface area contributed by atoms with Gasteiger partial charge in [-0.25, -0.2) is 4.98 Å². The van der Waals surface area contributed by atoms with Crippen molar-refractivity contribution in [3.8, 4) is 0 Å². The summed E-state index contributed by atoms with van der Waals surface area (Å²) in [6.45, 7) is 8.90. The van der Waals surface area contributed by atoms with Crippen LogP contribution in [0.3, 0.4) is 0 Å².